The van der Waals surface area contributed by atoms with Gasteiger partial charge in [-0.2, -0.15) is 4.31 Å². The highest BCUT2D eigenvalue weighted by atomic mass is 32.2. The van der Waals surface area contributed by atoms with Crippen molar-refractivity contribution in [2.75, 3.05) is 25.0 Å². The molecule has 0 radical (unpaired) electrons. The third-order valence-corrected chi connectivity index (χ3v) is 6.30. The maximum atomic E-state index is 12.6. The van der Waals surface area contributed by atoms with Gasteiger partial charge in [0.1, 0.15) is 0 Å². The first kappa shape index (κ1) is 22.6. The zero-order valence-electron chi connectivity index (χ0n) is 17.1. The molecule has 0 saturated heterocycles. The number of hydrogen-bond acceptors (Lipinski definition) is 5. The number of nitrogens with zero attached hydrogens (tertiary/aromatic N) is 1. The Labute approximate surface area is 171 Å². The molecule has 0 aromatic heterocycles. The minimum atomic E-state index is -3.63. The van der Waals surface area contributed by atoms with Crippen LogP contribution in [0.15, 0.2) is 47.4 Å². The summed E-state index contributed by atoms with van der Waals surface area (Å²) in [7, 11) is -3.63. The molecule has 8 heteroatoms. The number of benzene rings is 2. The molecule has 0 fully saturated rings. The maximum absolute atomic E-state index is 12.6. The molecule has 0 bridgehead atoms. The molecule has 0 unspecified atom stereocenters. The molecule has 0 atom stereocenters. The molecule has 0 aliphatic carbocycles. The molecular weight excluding hydrogens is 392 g/mol. The quantitative estimate of drug-likeness (QED) is 0.665. The Morgan fingerprint density at radius 3 is 2.21 bits per heavy atom. The van der Waals surface area contributed by atoms with Crippen molar-refractivity contribution < 1.29 is 22.7 Å². The largest absolute Gasteiger partial charge is 0.452 e. The van der Waals surface area contributed by atoms with Crippen molar-refractivity contribution in [3.05, 3.63) is 59.2 Å². The lowest BCUT2D eigenvalue weighted by atomic mass is 10.1. The molecule has 0 aliphatic heterocycles. The first-order chi connectivity index (χ1) is 13.7. The second kappa shape index (κ2) is 9.67. The van der Waals surface area contributed by atoms with Crippen molar-refractivity contribution >= 4 is 27.6 Å². The molecule has 2 rings (SSSR count). The average Bonchev–Trinajstić information content (AvgIpc) is 2.66. The van der Waals surface area contributed by atoms with Crippen LogP contribution < -0.4 is 5.32 Å². The SMILES string of the molecule is CCN(CC)S(=O)(=O)c1cccc(NC(=O)COC(=O)c2cc(C)cc(C)c2)c1. The summed E-state index contributed by atoms with van der Waals surface area (Å²) in [6, 6.07) is 11.3. The number of hydrogen-bond donors (Lipinski definition) is 1. The summed E-state index contributed by atoms with van der Waals surface area (Å²) in [6.07, 6.45) is 0. The smallest absolute Gasteiger partial charge is 0.338 e. The van der Waals surface area contributed by atoms with Crippen LogP contribution in [0.25, 0.3) is 0 Å². The topological polar surface area (TPSA) is 92.8 Å². The molecule has 1 amide bonds. The predicted octanol–water partition coefficient (Wildman–Crippen LogP) is 3.13. The Kier molecular flexibility index (Phi) is 7.53. The first-order valence-electron chi connectivity index (χ1n) is 9.32. The van der Waals surface area contributed by atoms with Crippen LogP contribution in [-0.4, -0.2) is 44.3 Å². The van der Waals surface area contributed by atoms with Crippen LogP contribution in [0.3, 0.4) is 0 Å². The summed E-state index contributed by atoms with van der Waals surface area (Å²) in [5, 5.41) is 2.56. The Morgan fingerprint density at radius 1 is 1.00 bits per heavy atom. The monoisotopic (exact) mass is 418 g/mol. The van der Waals surface area contributed by atoms with Crippen molar-refractivity contribution in [2.45, 2.75) is 32.6 Å². The van der Waals surface area contributed by atoms with Gasteiger partial charge in [-0.05, 0) is 44.2 Å². The highest BCUT2D eigenvalue weighted by Crippen LogP contribution is 2.19. The van der Waals surface area contributed by atoms with Gasteiger partial charge in [0.05, 0.1) is 10.5 Å². The fourth-order valence-electron chi connectivity index (χ4n) is 2.95. The van der Waals surface area contributed by atoms with Crippen molar-refractivity contribution in [2.24, 2.45) is 0 Å². The zero-order chi connectivity index (χ0) is 21.6. The summed E-state index contributed by atoms with van der Waals surface area (Å²) in [5.74, 6) is -1.15. The Hall–Kier alpha value is -2.71. The zero-order valence-corrected chi connectivity index (χ0v) is 17.9. The fraction of sp³-hybridized carbons (Fsp3) is 0.333. The first-order valence-corrected chi connectivity index (χ1v) is 10.8. The van der Waals surface area contributed by atoms with Gasteiger partial charge < -0.3 is 10.1 Å². The van der Waals surface area contributed by atoms with E-state index in [1.165, 1.54) is 16.4 Å². The van der Waals surface area contributed by atoms with Crippen LogP contribution >= 0.6 is 0 Å². The molecule has 156 valence electrons. The van der Waals surface area contributed by atoms with Gasteiger partial charge in [0.15, 0.2) is 6.61 Å². The number of nitrogens with one attached hydrogen (secondary N) is 1. The van der Waals surface area contributed by atoms with Crippen LogP contribution in [0.5, 0.6) is 0 Å². The number of amides is 1. The van der Waals surface area contributed by atoms with E-state index in [2.05, 4.69) is 5.32 Å². The molecule has 0 spiro atoms. The molecule has 0 heterocycles. The molecule has 0 saturated carbocycles. The predicted molar refractivity (Wildman–Crippen MR) is 111 cm³/mol. The number of sulfonamides is 1. The summed E-state index contributed by atoms with van der Waals surface area (Å²) in [5.41, 5.74) is 2.54. The van der Waals surface area contributed by atoms with E-state index in [4.69, 9.17) is 4.74 Å². The third-order valence-electron chi connectivity index (χ3n) is 4.25. The molecule has 7 nitrogen and oxygen atoms in total. The second-order valence-electron chi connectivity index (χ2n) is 6.62. The number of carbonyl (C=O) groups is 2. The molecule has 2 aromatic carbocycles. The molecule has 1 N–H and O–H groups in total. The van der Waals surface area contributed by atoms with E-state index in [-0.39, 0.29) is 4.90 Å². The standard InChI is InChI=1S/C21H26N2O5S/c1-5-23(6-2)29(26,27)19-9-7-8-18(13-19)22-20(24)14-28-21(25)17-11-15(3)10-16(4)12-17/h7-13H,5-6,14H2,1-4H3,(H,22,24). The van der Waals surface area contributed by atoms with E-state index in [1.54, 1.807) is 38.1 Å². The van der Waals surface area contributed by atoms with Gasteiger partial charge in [0.25, 0.3) is 5.91 Å². The summed E-state index contributed by atoms with van der Waals surface area (Å²) in [4.78, 5) is 24.4. The Bertz CT molecular complexity index is 978. The fourth-order valence-corrected chi connectivity index (χ4v) is 4.46. The van der Waals surface area contributed by atoms with Gasteiger partial charge in [0, 0.05) is 18.8 Å². The lowest BCUT2D eigenvalue weighted by Crippen LogP contribution is -2.30. The minimum Gasteiger partial charge on any atom is -0.452 e. The summed E-state index contributed by atoms with van der Waals surface area (Å²) >= 11 is 0. The van der Waals surface area contributed by atoms with E-state index in [0.29, 0.717) is 24.3 Å². The van der Waals surface area contributed by atoms with Crippen molar-refractivity contribution in [1.82, 2.24) is 4.31 Å². The lowest BCUT2D eigenvalue weighted by Gasteiger charge is -2.18. The lowest BCUT2D eigenvalue weighted by molar-refractivity contribution is -0.119. The van der Waals surface area contributed by atoms with E-state index in [1.807, 2.05) is 19.9 Å². The van der Waals surface area contributed by atoms with Gasteiger partial charge in [-0.25, -0.2) is 13.2 Å². The van der Waals surface area contributed by atoms with Crippen molar-refractivity contribution in [1.29, 1.82) is 0 Å². The van der Waals surface area contributed by atoms with Crippen LogP contribution in [0, 0.1) is 13.8 Å². The van der Waals surface area contributed by atoms with Crippen LogP contribution in [0.2, 0.25) is 0 Å². The second-order valence-corrected chi connectivity index (χ2v) is 8.56. The summed E-state index contributed by atoms with van der Waals surface area (Å²) in [6.45, 7) is 7.49. The minimum absolute atomic E-state index is 0.0891. The van der Waals surface area contributed by atoms with E-state index < -0.39 is 28.5 Å². The molecule has 29 heavy (non-hydrogen) atoms. The number of rotatable bonds is 8. The van der Waals surface area contributed by atoms with Crippen molar-refractivity contribution in [3.63, 3.8) is 0 Å². The highest BCUT2D eigenvalue weighted by molar-refractivity contribution is 7.89. The molecule has 0 aliphatic rings. The van der Waals surface area contributed by atoms with Gasteiger partial charge in [-0.3, -0.25) is 4.79 Å². The van der Waals surface area contributed by atoms with Crippen LogP contribution in [0.1, 0.15) is 35.3 Å². The summed E-state index contributed by atoms with van der Waals surface area (Å²) < 4.78 is 31.6. The van der Waals surface area contributed by atoms with E-state index in [0.717, 1.165) is 11.1 Å². The molecule has 2 aromatic rings. The number of esters is 1. The number of carbonyl (C=O) groups excluding carboxylic acids is 2. The number of ether oxygens (including phenoxy) is 1. The van der Waals surface area contributed by atoms with Crippen LogP contribution in [0.4, 0.5) is 5.69 Å². The normalized spacial score (nSPS) is 11.3. The van der Waals surface area contributed by atoms with Crippen LogP contribution in [-0.2, 0) is 19.6 Å². The molecular formula is C21H26N2O5S. The average molecular weight is 419 g/mol. The Morgan fingerprint density at radius 2 is 1.62 bits per heavy atom. The third kappa shape index (κ3) is 5.88. The van der Waals surface area contributed by atoms with Gasteiger partial charge in [-0.15, -0.1) is 0 Å². The number of aryl methyl sites for hydroxylation is 2. The van der Waals surface area contributed by atoms with Crippen molar-refractivity contribution in [3.8, 4) is 0 Å². The van der Waals surface area contributed by atoms with Gasteiger partial charge in [-0.1, -0.05) is 37.1 Å². The van der Waals surface area contributed by atoms with E-state index >= 15 is 0 Å². The van der Waals surface area contributed by atoms with Gasteiger partial charge in [0.2, 0.25) is 10.0 Å². The Balaban J connectivity index is 2.03. The maximum Gasteiger partial charge on any atom is 0.338 e. The van der Waals surface area contributed by atoms with E-state index in [9.17, 15) is 18.0 Å². The van der Waals surface area contributed by atoms with Gasteiger partial charge >= 0.3 is 5.97 Å². The highest BCUT2D eigenvalue weighted by Gasteiger charge is 2.22. The number of anilines is 1.